The van der Waals surface area contributed by atoms with E-state index in [1.165, 1.54) is 6.26 Å². The number of thioether (sulfide) groups is 1. The van der Waals surface area contributed by atoms with E-state index in [-0.39, 0.29) is 5.91 Å². The van der Waals surface area contributed by atoms with Crippen LogP contribution in [0.2, 0.25) is 0 Å². The summed E-state index contributed by atoms with van der Waals surface area (Å²) in [5.74, 6) is 5.80. The molecule has 0 aromatic heterocycles. The molecule has 112 valence electrons. The maximum atomic E-state index is 11.3. The summed E-state index contributed by atoms with van der Waals surface area (Å²) >= 11 is 1.68. The van der Waals surface area contributed by atoms with Gasteiger partial charge in [-0.25, -0.2) is 14.3 Å². The zero-order valence-corrected chi connectivity index (χ0v) is 13.1. The van der Waals surface area contributed by atoms with E-state index in [4.69, 9.17) is 5.84 Å². The minimum Gasteiger partial charge on any atom is -0.294 e. The summed E-state index contributed by atoms with van der Waals surface area (Å²) in [6.45, 7) is 0. The number of unbranched alkanes of at least 4 members (excludes halogenated alkanes) is 2. The number of carbonyl (C=O) groups is 1. The molecular formula is C13H20N2O3S2. The van der Waals surface area contributed by atoms with E-state index < -0.39 is 9.84 Å². The van der Waals surface area contributed by atoms with Crippen LogP contribution < -0.4 is 11.3 Å². The standard InChI is InChI=1S/C13H20N2O3S2/c1-20(17,18)12-8-6-11(7-9-12)19-10-4-2-3-5-13(16)15-14/h6-9H,2-5,10,14H2,1H3,(H,15,16). The van der Waals surface area contributed by atoms with Crippen LogP contribution in [-0.4, -0.2) is 26.3 Å². The molecule has 0 radical (unpaired) electrons. The third-order valence-corrected chi connectivity index (χ3v) is 4.96. The second kappa shape index (κ2) is 8.28. The van der Waals surface area contributed by atoms with Crippen LogP contribution >= 0.6 is 11.8 Å². The molecule has 0 spiro atoms. The summed E-state index contributed by atoms with van der Waals surface area (Å²) < 4.78 is 22.6. The second-order valence-corrected chi connectivity index (χ2v) is 7.65. The van der Waals surface area contributed by atoms with Gasteiger partial charge in [0.2, 0.25) is 5.91 Å². The van der Waals surface area contributed by atoms with Gasteiger partial charge in [0.05, 0.1) is 4.90 Å². The van der Waals surface area contributed by atoms with Crippen LogP contribution in [0.4, 0.5) is 0 Å². The molecule has 7 heteroatoms. The summed E-state index contributed by atoms with van der Waals surface area (Å²) in [6, 6.07) is 6.90. The minimum absolute atomic E-state index is 0.131. The fourth-order valence-corrected chi connectivity index (χ4v) is 3.15. The van der Waals surface area contributed by atoms with Crippen molar-refractivity contribution in [3.63, 3.8) is 0 Å². The van der Waals surface area contributed by atoms with Crippen LogP contribution in [0.15, 0.2) is 34.1 Å². The van der Waals surface area contributed by atoms with Gasteiger partial charge in [0.25, 0.3) is 0 Å². The van der Waals surface area contributed by atoms with Crippen molar-refractivity contribution in [2.45, 2.75) is 35.5 Å². The van der Waals surface area contributed by atoms with Crippen LogP contribution in [0.5, 0.6) is 0 Å². The molecule has 3 N–H and O–H groups in total. The molecule has 0 saturated heterocycles. The number of hydrogen-bond acceptors (Lipinski definition) is 5. The van der Waals surface area contributed by atoms with Crippen LogP contribution in [-0.2, 0) is 14.6 Å². The molecule has 1 aromatic rings. The maximum Gasteiger partial charge on any atom is 0.233 e. The van der Waals surface area contributed by atoms with Gasteiger partial charge in [0.15, 0.2) is 9.84 Å². The average Bonchev–Trinajstić information content (AvgIpc) is 2.41. The lowest BCUT2D eigenvalue weighted by Crippen LogP contribution is -2.29. The van der Waals surface area contributed by atoms with Crippen molar-refractivity contribution in [2.24, 2.45) is 5.84 Å². The summed E-state index contributed by atoms with van der Waals surface area (Å²) in [4.78, 5) is 12.3. The predicted molar refractivity (Wildman–Crippen MR) is 81.1 cm³/mol. The van der Waals surface area contributed by atoms with E-state index in [0.717, 1.165) is 29.9 Å². The molecule has 0 aliphatic carbocycles. The lowest BCUT2D eigenvalue weighted by Gasteiger charge is -2.03. The zero-order chi connectivity index (χ0) is 15.0. The summed E-state index contributed by atoms with van der Waals surface area (Å²) in [5.41, 5.74) is 2.11. The average molecular weight is 316 g/mol. The highest BCUT2D eigenvalue weighted by Crippen LogP contribution is 2.21. The van der Waals surface area contributed by atoms with Crippen LogP contribution in [0.1, 0.15) is 25.7 Å². The fourth-order valence-electron chi connectivity index (χ4n) is 1.61. The molecule has 0 aliphatic heterocycles. The van der Waals surface area contributed by atoms with Gasteiger partial charge in [-0.3, -0.25) is 10.2 Å². The predicted octanol–water partition coefficient (Wildman–Crippen LogP) is 1.73. The largest absolute Gasteiger partial charge is 0.294 e. The lowest BCUT2D eigenvalue weighted by atomic mass is 10.2. The fraction of sp³-hybridized carbons (Fsp3) is 0.462. The molecule has 0 heterocycles. The van der Waals surface area contributed by atoms with Crippen molar-refractivity contribution < 1.29 is 13.2 Å². The van der Waals surface area contributed by atoms with Gasteiger partial charge in [-0.05, 0) is 42.9 Å². The molecular weight excluding hydrogens is 296 g/mol. The lowest BCUT2D eigenvalue weighted by molar-refractivity contribution is -0.121. The smallest absolute Gasteiger partial charge is 0.233 e. The number of rotatable bonds is 8. The Hall–Kier alpha value is -1.05. The molecule has 1 rings (SSSR count). The normalized spacial score (nSPS) is 11.3. The number of sulfone groups is 1. The van der Waals surface area contributed by atoms with Gasteiger partial charge in [-0.15, -0.1) is 11.8 Å². The van der Waals surface area contributed by atoms with Crippen molar-refractivity contribution in [1.82, 2.24) is 5.43 Å². The molecule has 20 heavy (non-hydrogen) atoms. The molecule has 0 fully saturated rings. The Labute approximate surface area is 124 Å². The van der Waals surface area contributed by atoms with E-state index in [0.29, 0.717) is 11.3 Å². The molecule has 1 amide bonds. The Bertz CT molecular complexity index is 527. The Balaban J connectivity index is 2.24. The van der Waals surface area contributed by atoms with E-state index in [9.17, 15) is 13.2 Å². The van der Waals surface area contributed by atoms with Gasteiger partial charge >= 0.3 is 0 Å². The number of carbonyl (C=O) groups excluding carboxylic acids is 1. The van der Waals surface area contributed by atoms with Crippen molar-refractivity contribution >= 4 is 27.5 Å². The topological polar surface area (TPSA) is 89.3 Å². The van der Waals surface area contributed by atoms with Gasteiger partial charge in [-0.1, -0.05) is 6.42 Å². The van der Waals surface area contributed by atoms with Crippen molar-refractivity contribution in [2.75, 3.05) is 12.0 Å². The van der Waals surface area contributed by atoms with Crippen LogP contribution in [0.3, 0.4) is 0 Å². The van der Waals surface area contributed by atoms with E-state index in [2.05, 4.69) is 5.43 Å². The first-order chi connectivity index (χ1) is 9.43. The number of nitrogens with two attached hydrogens (primary N) is 1. The van der Waals surface area contributed by atoms with Crippen LogP contribution in [0, 0.1) is 0 Å². The summed E-state index contributed by atoms with van der Waals surface area (Å²) in [6.07, 6.45) is 4.48. The summed E-state index contributed by atoms with van der Waals surface area (Å²) in [5, 5.41) is 0. The molecule has 0 unspecified atom stereocenters. The number of amides is 1. The van der Waals surface area contributed by atoms with Crippen LogP contribution in [0.25, 0.3) is 0 Å². The van der Waals surface area contributed by atoms with E-state index in [1.54, 1.807) is 23.9 Å². The summed E-state index contributed by atoms with van der Waals surface area (Å²) in [7, 11) is -3.12. The highest BCUT2D eigenvalue weighted by Gasteiger charge is 2.06. The SMILES string of the molecule is CS(=O)(=O)c1ccc(SCCCCCC(=O)NN)cc1. The molecule has 0 bridgehead atoms. The Morgan fingerprint density at radius 3 is 2.40 bits per heavy atom. The molecule has 5 nitrogen and oxygen atoms in total. The van der Waals surface area contributed by atoms with E-state index >= 15 is 0 Å². The van der Waals surface area contributed by atoms with E-state index in [1.807, 2.05) is 12.1 Å². The molecule has 0 aliphatic rings. The number of hydrazine groups is 1. The number of hydrogen-bond donors (Lipinski definition) is 2. The first kappa shape index (κ1) is 17.0. The third kappa shape index (κ3) is 6.40. The molecule has 0 saturated carbocycles. The third-order valence-electron chi connectivity index (χ3n) is 2.73. The quantitative estimate of drug-likeness (QED) is 0.251. The highest BCUT2D eigenvalue weighted by molar-refractivity contribution is 7.99. The molecule has 0 atom stereocenters. The maximum absolute atomic E-state index is 11.3. The van der Waals surface area contributed by atoms with Gasteiger partial charge < -0.3 is 0 Å². The molecule has 1 aromatic carbocycles. The van der Waals surface area contributed by atoms with Crippen molar-refractivity contribution in [1.29, 1.82) is 0 Å². The number of benzene rings is 1. The number of nitrogens with one attached hydrogen (secondary N) is 1. The highest BCUT2D eigenvalue weighted by atomic mass is 32.2. The first-order valence-electron chi connectivity index (χ1n) is 6.36. The first-order valence-corrected chi connectivity index (χ1v) is 9.23. The Kier molecular flexibility index (Phi) is 7.04. The van der Waals surface area contributed by atoms with Crippen molar-refractivity contribution in [3.05, 3.63) is 24.3 Å². The van der Waals surface area contributed by atoms with Gasteiger partial charge in [0.1, 0.15) is 0 Å². The Morgan fingerprint density at radius 1 is 1.20 bits per heavy atom. The Morgan fingerprint density at radius 2 is 1.85 bits per heavy atom. The zero-order valence-electron chi connectivity index (χ0n) is 11.5. The second-order valence-electron chi connectivity index (χ2n) is 4.47. The van der Waals surface area contributed by atoms with Crippen molar-refractivity contribution in [3.8, 4) is 0 Å². The minimum atomic E-state index is -3.12. The monoisotopic (exact) mass is 316 g/mol. The van der Waals surface area contributed by atoms with Gasteiger partial charge in [0, 0.05) is 17.6 Å². The van der Waals surface area contributed by atoms with Gasteiger partial charge in [-0.2, -0.15) is 0 Å².